The summed E-state index contributed by atoms with van der Waals surface area (Å²) in [6.45, 7) is 0.266. The molecule has 0 saturated heterocycles. The number of sulfonamides is 1. The van der Waals surface area contributed by atoms with Gasteiger partial charge in [0.1, 0.15) is 5.75 Å². The molecule has 190 valence electrons. The third-order valence-corrected chi connectivity index (χ3v) is 8.70. The Bertz CT molecular complexity index is 1590. The molecule has 0 bridgehead atoms. The van der Waals surface area contributed by atoms with E-state index in [1.54, 1.807) is 15.9 Å². The molecular weight excluding hydrogens is 490 g/mol. The predicted molar refractivity (Wildman–Crippen MR) is 140 cm³/mol. The Morgan fingerprint density at radius 3 is 2.76 bits per heavy atom. The zero-order valence-corrected chi connectivity index (χ0v) is 20.8. The number of carbonyl (C=O) groups excluding carboxylic acids is 1. The number of phenols is 1. The van der Waals surface area contributed by atoms with E-state index in [-0.39, 0.29) is 23.2 Å². The molecule has 0 aliphatic heterocycles. The van der Waals surface area contributed by atoms with Crippen molar-refractivity contribution in [2.24, 2.45) is 0 Å². The minimum Gasteiger partial charge on any atom is -0.508 e. The second-order valence-electron chi connectivity index (χ2n) is 9.04. The highest BCUT2D eigenvalue weighted by Crippen LogP contribution is 2.40. The number of hydrogen-bond acceptors (Lipinski definition) is 5. The van der Waals surface area contributed by atoms with E-state index in [0.717, 1.165) is 33.2 Å². The molecule has 1 amide bonds. The maximum Gasteiger partial charge on any atom is 0.267 e. The number of nitrogens with one attached hydrogen (secondary N) is 2. The van der Waals surface area contributed by atoms with Crippen LogP contribution in [0, 0.1) is 0 Å². The molecule has 9 heteroatoms. The van der Waals surface area contributed by atoms with Gasteiger partial charge in [-0.15, -0.1) is 0 Å². The van der Waals surface area contributed by atoms with Crippen molar-refractivity contribution in [3.63, 3.8) is 0 Å². The lowest BCUT2D eigenvalue weighted by atomic mass is 10.0. The average Bonchev–Trinajstić information content (AvgIpc) is 3.51. The molecule has 1 aliphatic rings. The summed E-state index contributed by atoms with van der Waals surface area (Å²) in [5, 5.41) is 19.7. The molecule has 4 N–H and O–H groups in total. The fourth-order valence-electron chi connectivity index (χ4n) is 5.02. The van der Waals surface area contributed by atoms with E-state index in [2.05, 4.69) is 4.98 Å². The molecular formula is C28H27N3O5S. The van der Waals surface area contributed by atoms with Gasteiger partial charge in [0.2, 0.25) is 10.0 Å². The molecule has 1 heterocycles. The lowest BCUT2D eigenvalue weighted by molar-refractivity contribution is -0.124. The Hall–Kier alpha value is -3.92. The van der Waals surface area contributed by atoms with Gasteiger partial charge in [-0.05, 0) is 71.9 Å². The number of rotatable bonds is 8. The summed E-state index contributed by atoms with van der Waals surface area (Å²) < 4.78 is 29.4. The minimum absolute atomic E-state index is 0.0504. The molecule has 0 spiro atoms. The Morgan fingerprint density at radius 1 is 1.11 bits per heavy atom. The summed E-state index contributed by atoms with van der Waals surface area (Å²) in [6.07, 6.45) is 6.57. The number of para-hydroxylation sites is 1. The smallest absolute Gasteiger partial charge is 0.267 e. The van der Waals surface area contributed by atoms with Crippen LogP contribution in [-0.4, -0.2) is 40.5 Å². The van der Waals surface area contributed by atoms with Crippen LogP contribution in [0.5, 0.6) is 5.75 Å². The molecule has 5 rings (SSSR count). The van der Waals surface area contributed by atoms with Gasteiger partial charge >= 0.3 is 0 Å². The molecule has 3 aromatic carbocycles. The molecule has 1 aliphatic carbocycles. The second-order valence-corrected chi connectivity index (χ2v) is 10.9. The van der Waals surface area contributed by atoms with Crippen LogP contribution >= 0.6 is 0 Å². The fraction of sp³-hybridized carbons (Fsp3) is 0.179. The van der Waals surface area contributed by atoms with Crippen molar-refractivity contribution in [3.05, 3.63) is 101 Å². The standard InChI is InChI=1S/C28H27N3O5S/c32-22-4-3-5-23(17-22)37(35,36)31(15-14-21-18-29-26-7-2-1-6-24(21)26)27-12-10-20-16-19(8-11-25(20)27)9-13-28(33)30-34/h1-9,11,13,16-18,27,29,32,34H,10,12,14-15H2,(H,30,33)/b13-9+. The molecule has 4 aromatic rings. The lowest BCUT2D eigenvalue weighted by Crippen LogP contribution is -2.35. The van der Waals surface area contributed by atoms with Crippen molar-refractivity contribution >= 4 is 32.9 Å². The zero-order chi connectivity index (χ0) is 26.0. The van der Waals surface area contributed by atoms with Crippen LogP contribution in [0.15, 0.2) is 83.9 Å². The van der Waals surface area contributed by atoms with Crippen molar-refractivity contribution in [2.75, 3.05) is 6.54 Å². The van der Waals surface area contributed by atoms with Crippen molar-refractivity contribution in [1.82, 2.24) is 14.8 Å². The van der Waals surface area contributed by atoms with Gasteiger partial charge in [-0.1, -0.05) is 42.5 Å². The number of amides is 1. The Morgan fingerprint density at radius 2 is 1.95 bits per heavy atom. The van der Waals surface area contributed by atoms with Gasteiger partial charge in [0.15, 0.2) is 0 Å². The number of aromatic hydroxyl groups is 1. The predicted octanol–water partition coefficient (Wildman–Crippen LogP) is 4.31. The number of H-pyrrole nitrogens is 1. The van der Waals surface area contributed by atoms with E-state index in [9.17, 15) is 18.3 Å². The average molecular weight is 518 g/mol. The molecule has 8 nitrogen and oxygen atoms in total. The molecule has 0 radical (unpaired) electrons. The van der Waals surface area contributed by atoms with Crippen LogP contribution in [0.3, 0.4) is 0 Å². The number of aryl methyl sites for hydroxylation is 1. The molecule has 1 aromatic heterocycles. The molecule has 1 unspecified atom stereocenters. The first-order chi connectivity index (χ1) is 17.9. The van der Waals surface area contributed by atoms with E-state index in [1.165, 1.54) is 30.3 Å². The Balaban J connectivity index is 1.49. The second kappa shape index (κ2) is 10.2. The van der Waals surface area contributed by atoms with Gasteiger partial charge in [-0.2, -0.15) is 4.31 Å². The van der Waals surface area contributed by atoms with E-state index in [4.69, 9.17) is 5.21 Å². The van der Waals surface area contributed by atoms with Gasteiger partial charge in [-0.3, -0.25) is 10.0 Å². The van der Waals surface area contributed by atoms with E-state index in [1.807, 2.05) is 48.7 Å². The molecule has 0 fully saturated rings. The lowest BCUT2D eigenvalue weighted by Gasteiger charge is -2.29. The normalized spacial score (nSPS) is 15.5. The Labute approximate surface area is 214 Å². The SMILES string of the molecule is O=C(/C=C/c1ccc2c(c1)CCC2N(CCc1c[nH]c2ccccc12)S(=O)(=O)c1cccc(O)c1)NO. The minimum atomic E-state index is -3.92. The number of hydroxylamine groups is 1. The Kier molecular flexibility index (Phi) is 6.84. The highest BCUT2D eigenvalue weighted by Gasteiger charge is 2.36. The van der Waals surface area contributed by atoms with Crippen LogP contribution in [0.25, 0.3) is 17.0 Å². The van der Waals surface area contributed by atoms with Crippen LogP contribution in [0.4, 0.5) is 0 Å². The van der Waals surface area contributed by atoms with Gasteiger partial charge in [0.05, 0.1) is 10.9 Å². The van der Waals surface area contributed by atoms with Crippen molar-refractivity contribution in [1.29, 1.82) is 0 Å². The third-order valence-electron chi connectivity index (χ3n) is 6.80. The van der Waals surface area contributed by atoms with E-state index in [0.29, 0.717) is 19.3 Å². The number of benzene rings is 3. The number of aromatic amines is 1. The highest BCUT2D eigenvalue weighted by molar-refractivity contribution is 7.89. The maximum absolute atomic E-state index is 13.9. The zero-order valence-electron chi connectivity index (χ0n) is 20.0. The number of phenolic OH excluding ortho intramolecular Hbond substituents is 1. The van der Waals surface area contributed by atoms with Crippen molar-refractivity contribution in [3.8, 4) is 5.75 Å². The van der Waals surface area contributed by atoms with Crippen molar-refractivity contribution < 1.29 is 23.5 Å². The van der Waals surface area contributed by atoms with Gasteiger partial charge < -0.3 is 10.1 Å². The van der Waals surface area contributed by atoms with Crippen LogP contribution in [0.2, 0.25) is 0 Å². The fourth-order valence-corrected chi connectivity index (χ4v) is 6.70. The summed E-state index contributed by atoms with van der Waals surface area (Å²) in [7, 11) is -3.92. The summed E-state index contributed by atoms with van der Waals surface area (Å²) in [4.78, 5) is 14.6. The van der Waals surface area contributed by atoms with Crippen molar-refractivity contribution in [2.45, 2.75) is 30.2 Å². The first kappa shape index (κ1) is 24.8. The summed E-state index contributed by atoms with van der Waals surface area (Å²) in [6, 6.07) is 19.0. The molecule has 0 saturated carbocycles. The van der Waals surface area contributed by atoms with Crippen LogP contribution in [-0.2, 0) is 27.7 Å². The summed E-state index contributed by atoms with van der Waals surface area (Å²) in [5.41, 5.74) is 6.32. The first-order valence-electron chi connectivity index (χ1n) is 12.0. The molecule has 37 heavy (non-hydrogen) atoms. The van der Waals surface area contributed by atoms with E-state index >= 15 is 0 Å². The third kappa shape index (κ3) is 5.01. The number of fused-ring (bicyclic) bond motifs is 2. The molecule has 1 atom stereocenters. The highest BCUT2D eigenvalue weighted by atomic mass is 32.2. The summed E-state index contributed by atoms with van der Waals surface area (Å²) >= 11 is 0. The van der Waals surface area contributed by atoms with Crippen LogP contribution < -0.4 is 5.48 Å². The topological polar surface area (TPSA) is 123 Å². The van der Waals surface area contributed by atoms with Gasteiger partial charge in [-0.25, -0.2) is 13.9 Å². The van der Waals surface area contributed by atoms with Gasteiger partial charge in [0.25, 0.3) is 5.91 Å². The largest absolute Gasteiger partial charge is 0.508 e. The number of hydrogen-bond donors (Lipinski definition) is 4. The number of aromatic nitrogens is 1. The van der Waals surface area contributed by atoms with E-state index < -0.39 is 15.9 Å². The monoisotopic (exact) mass is 517 g/mol. The summed E-state index contributed by atoms with van der Waals surface area (Å²) in [5.74, 6) is -0.730. The van der Waals surface area contributed by atoms with Crippen LogP contribution in [0.1, 0.15) is 34.7 Å². The van der Waals surface area contributed by atoms with Gasteiger partial charge in [0, 0.05) is 29.7 Å². The first-order valence-corrected chi connectivity index (χ1v) is 13.4. The number of carbonyl (C=O) groups is 1. The number of nitrogens with zero attached hydrogens (tertiary/aromatic N) is 1. The quantitative estimate of drug-likeness (QED) is 0.158. The maximum atomic E-state index is 13.9.